The number of halogens is 1. The molecular weight excluding hydrogens is 292 g/mol. The van der Waals surface area contributed by atoms with Crippen LogP contribution >= 0.6 is 23.6 Å². The van der Waals surface area contributed by atoms with Gasteiger partial charge in [0.2, 0.25) is 11.2 Å². The van der Waals surface area contributed by atoms with E-state index >= 15 is 0 Å². The van der Waals surface area contributed by atoms with E-state index in [4.69, 9.17) is 21.2 Å². The fourth-order valence-electron chi connectivity index (χ4n) is 1.31. The van der Waals surface area contributed by atoms with E-state index in [1.807, 2.05) is 13.0 Å². The SMILES string of the molecule is [3H][3H].[3H]c1nc(Cl)nc(Nc2ccc(SOOO)c(C)c2)n1. The Bertz CT molecular complexity index is 606. The third-order valence-corrected chi connectivity index (χ3v) is 3.02. The number of anilines is 2. The van der Waals surface area contributed by atoms with Crippen molar-refractivity contribution in [2.75, 3.05) is 5.32 Å². The molecule has 1 heterocycles. The van der Waals surface area contributed by atoms with Crippen LogP contribution in [0.2, 0.25) is 5.28 Å². The predicted octanol–water partition coefficient (Wildman–Crippen LogP) is 3.25. The molecule has 0 saturated heterocycles. The van der Waals surface area contributed by atoms with Crippen molar-refractivity contribution < 1.29 is 19.0 Å². The zero-order chi connectivity index (χ0) is 16.5. The van der Waals surface area contributed by atoms with Crippen LogP contribution in [0.25, 0.3) is 0 Å². The minimum absolute atomic E-state index is 0.0510. The molecule has 1 aromatic heterocycles. The minimum Gasteiger partial charge on any atom is -0.324 e. The van der Waals surface area contributed by atoms with Crippen LogP contribution < -0.4 is 5.32 Å². The lowest BCUT2D eigenvalue weighted by molar-refractivity contribution is -0.432. The summed E-state index contributed by atoms with van der Waals surface area (Å²) in [5.41, 5.74) is 1.58. The number of nitrogens with zero attached hydrogens (tertiary/aromatic N) is 3. The molecule has 0 radical (unpaired) electrons. The van der Waals surface area contributed by atoms with E-state index in [-0.39, 0.29) is 17.5 Å². The van der Waals surface area contributed by atoms with Crippen LogP contribution in [0.1, 0.15) is 9.90 Å². The van der Waals surface area contributed by atoms with E-state index in [1.165, 1.54) is 0 Å². The van der Waals surface area contributed by atoms with Crippen molar-refractivity contribution in [2.45, 2.75) is 11.8 Å². The van der Waals surface area contributed by atoms with E-state index in [0.717, 1.165) is 22.5 Å². The van der Waals surface area contributed by atoms with Crippen LogP contribution in [0.3, 0.4) is 0 Å². The topological polar surface area (TPSA) is 89.4 Å². The summed E-state index contributed by atoms with van der Waals surface area (Å²) in [5.74, 6) is 0.185. The summed E-state index contributed by atoms with van der Waals surface area (Å²) in [6.07, 6.45) is -0.218. The van der Waals surface area contributed by atoms with Crippen LogP contribution in [0.4, 0.5) is 11.6 Å². The Hall–Kier alpha value is -1.45. The molecule has 9 heteroatoms. The maximum atomic E-state index is 8.11. The molecule has 0 unspecified atom stereocenters. The fourth-order valence-corrected chi connectivity index (χ4v) is 1.84. The molecule has 2 aromatic rings. The lowest BCUT2D eigenvalue weighted by atomic mass is 10.2. The Balaban J connectivity index is 0.00000116. The van der Waals surface area contributed by atoms with Gasteiger partial charge in [-0.3, -0.25) is 0 Å². The van der Waals surface area contributed by atoms with Crippen molar-refractivity contribution in [1.29, 1.82) is 0 Å². The second kappa shape index (κ2) is 6.64. The van der Waals surface area contributed by atoms with Crippen LogP contribution in [0, 0.1) is 6.92 Å². The second-order valence-electron chi connectivity index (χ2n) is 3.36. The molecule has 0 aliphatic rings. The number of aryl methyl sites for hydroxylation is 1. The van der Waals surface area contributed by atoms with Crippen molar-refractivity contribution in [1.82, 2.24) is 15.0 Å². The van der Waals surface area contributed by atoms with E-state index < -0.39 is 0 Å². The first-order valence-electron chi connectivity index (χ1n) is 6.49. The molecule has 0 spiro atoms. The molecule has 0 bridgehead atoms. The molecule has 2 rings (SSSR count). The van der Waals surface area contributed by atoms with Crippen LogP contribution in [-0.4, -0.2) is 20.2 Å². The molecule has 2 N–H and O–H groups in total. The highest BCUT2D eigenvalue weighted by atomic mass is 35.5. The van der Waals surface area contributed by atoms with E-state index in [2.05, 4.69) is 29.6 Å². The van der Waals surface area contributed by atoms with Crippen molar-refractivity contribution in [2.24, 2.45) is 0 Å². The Morgan fingerprint density at radius 1 is 1.58 bits per heavy atom. The smallest absolute Gasteiger partial charge is 0.231 e. The Morgan fingerprint density at radius 2 is 2.42 bits per heavy atom. The second-order valence-corrected chi connectivity index (χ2v) is 4.44. The average molecular weight is 309 g/mol. The number of rotatable bonds is 5. The predicted molar refractivity (Wildman–Crippen MR) is 72.1 cm³/mol. The van der Waals surface area contributed by atoms with Gasteiger partial charge in [0.05, 0.1) is 12.0 Å². The molecular formula is C10H11ClN4O3S. The molecule has 0 saturated carbocycles. The number of hydrogen-bond acceptors (Lipinski definition) is 8. The Kier molecular flexibility index (Phi) is 3.98. The quantitative estimate of drug-likeness (QED) is 0.494. The molecule has 102 valence electrons. The Labute approximate surface area is 122 Å². The number of aromatic nitrogens is 3. The minimum atomic E-state index is -0.218. The fraction of sp³-hybridized carbons (Fsp3) is 0.100. The lowest BCUT2D eigenvalue weighted by Crippen LogP contribution is -1.98. The zero-order valence-corrected chi connectivity index (χ0v) is 11.2. The molecule has 0 atom stereocenters. The first kappa shape index (κ1) is 11.4. The van der Waals surface area contributed by atoms with Crippen molar-refractivity contribution in [3.63, 3.8) is 0 Å². The van der Waals surface area contributed by atoms with Crippen molar-refractivity contribution in [3.05, 3.63) is 35.3 Å². The molecule has 0 fully saturated rings. The third-order valence-electron chi connectivity index (χ3n) is 2.08. The number of benzene rings is 1. The lowest BCUT2D eigenvalue weighted by Gasteiger charge is -2.07. The first-order valence-corrected chi connectivity index (χ1v) is 6.11. The largest absolute Gasteiger partial charge is 0.324 e. The zero-order valence-electron chi connectivity index (χ0n) is 12.6. The third kappa shape index (κ3) is 4.01. The van der Waals surface area contributed by atoms with Crippen LogP contribution in [0.5, 0.6) is 0 Å². The van der Waals surface area contributed by atoms with Gasteiger partial charge in [-0.05, 0) is 42.3 Å². The van der Waals surface area contributed by atoms with Gasteiger partial charge in [0.1, 0.15) is 7.67 Å². The average Bonchev–Trinajstić information content (AvgIpc) is 2.47. The van der Waals surface area contributed by atoms with Crippen LogP contribution in [0.15, 0.2) is 29.4 Å². The van der Waals surface area contributed by atoms with E-state index in [0.29, 0.717) is 5.69 Å². The first-order chi connectivity index (χ1) is 10.6. The highest BCUT2D eigenvalue weighted by molar-refractivity contribution is 7.94. The summed E-state index contributed by atoms with van der Waals surface area (Å²) < 4.78 is 21.7. The molecule has 7 nitrogen and oxygen atoms in total. The summed E-state index contributed by atoms with van der Waals surface area (Å²) in [4.78, 5) is 12.0. The summed E-state index contributed by atoms with van der Waals surface area (Å²) in [5, 5.41) is 14.5. The van der Waals surface area contributed by atoms with Crippen LogP contribution in [-0.2, 0) is 9.37 Å². The van der Waals surface area contributed by atoms with Gasteiger partial charge in [0.15, 0.2) is 0 Å². The molecule has 0 amide bonds. The maximum Gasteiger partial charge on any atom is 0.231 e. The van der Waals surface area contributed by atoms with Crippen molar-refractivity contribution in [3.8, 4) is 0 Å². The van der Waals surface area contributed by atoms with Gasteiger partial charge in [-0.25, -0.2) is 15.2 Å². The number of hydrogen-bond donors (Lipinski definition) is 2. The number of nitrogens with one attached hydrogen (secondary N) is 1. The molecule has 19 heavy (non-hydrogen) atoms. The molecule has 0 aliphatic carbocycles. The van der Waals surface area contributed by atoms with Gasteiger partial charge in [0, 0.05) is 13.6 Å². The summed E-state index contributed by atoms with van der Waals surface area (Å²) in [6, 6.07) is 5.31. The van der Waals surface area contributed by atoms with Gasteiger partial charge in [-0.1, -0.05) is 5.04 Å². The van der Waals surface area contributed by atoms with Gasteiger partial charge in [-0.15, -0.1) is 4.33 Å². The molecule has 1 aromatic carbocycles. The Morgan fingerprint density at radius 3 is 3.11 bits per heavy atom. The van der Waals surface area contributed by atoms with Gasteiger partial charge < -0.3 is 5.32 Å². The highest BCUT2D eigenvalue weighted by Gasteiger charge is 2.04. The van der Waals surface area contributed by atoms with Gasteiger partial charge in [0.25, 0.3) is 0 Å². The van der Waals surface area contributed by atoms with Crippen molar-refractivity contribution >= 4 is 35.3 Å². The summed E-state index contributed by atoms with van der Waals surface area (Å²) in [6.45, 7) is 1.85. The van der Waals surface area contributed by atoms with E-state index in [9.17, 15) is 0 Å². The maximum absolute atomic E-state index is 8.11. The van der Waals surface area contributed by atoms with Gasteiger partial charge in [-0.2, -0.15) is 4.98 Å². The monoisotopic (exact) mass is 308 g/mol. The standard InChI is InChI=1S/C10H9ClN4O3S.H2/c1-6-4-7(2-3-8(6)19-18-17-16)14-10-13-5-12-9(11)15-10;/h2-5,16H,1H3,(H,12,13,14,15);1H/i5T;1+2T. The van der Waals surface area contributed by atoms with Gasteiger partial charge >= 0.3 is 0 Å². The molecule has 0 aliphatic heterocycles. The highest BCUT2D eigenvalue weighted by Crippen LogP contribution is 2.26. The normalized spacial score (nSPS) is 11.6. The summed E-state index contributed by atoms with van der Waals surface area (Å²) >= 11 is 6.52. The van der Waals surface area contributed by atoms with E-state index in [1.54, 1.807) is 12.1 Å². The summed E-state index contributed by atoms with van der Waals surface area (Å²) in [7, 11) is 0.